The van der Waals surface area contributed by atoms with E-state index >= 15 is 0 Å². The second-order valence-corrected chi connectivity index (χ2v) is 5.92. The van der Waals surface area contributed by atoms with Crippen LogP contribution in [0.3, 0.4) is 0 Å². The Morgan fingerprint density at radius 3 is 2.46 bits per heavy atom. The summed E-state index contributed by atoms with van der Waals surface area (Å²) in [6.45, 7) is 4.98. The molecule has 2 aromatic rings. The molecule has 0 aliphatic heterocycles. The smallest absolute Gasteiger partial charge is 0.344 e. The third-order valence-corrected chi connectivity index (χ3v) is 3.70. The van der Waals surface area contributed by atoms with Gasteiger partial charge in [-0.1, -0.05) is 12.1 Å². The monoisotopic (exact) mass is 355 g/mol. The van der Waals surface area contributed by atoms with Crippen molar-refractivity contribution in [3.8, 4) is 5.75 Å². The summed E-state index contributed by atoms with van der Waals surface area (Å²) < 4.78 is 10.4. The van der Waals surface area contributed by atoms with Gasteiger partial charge in [-0.3, -0.25) is 9.59 Å². The Morgan fingerprint density at radius 2 is 1.81 bits per heavy atom. The number of amides is 1. The molecule has 2 rings (SSSR count). The molecule has 1 amide bonds. The van der Waals surface area contributed by atoms with Gasteiger partial charge in [0.15, 0.2) is 12.7 Å². The first-order valence-corrected chi connectivity index (χ1v) is 8.14. The quantitative estimate of drug-likeness (QED) is 0.610. The molecule has 1 atom stereocenters. The molecule has 26 heavy (non-hydrogen) atoms. The fraction of sp³-hybridized carbons (Fsp3) is 0.250. The molecule has 0 fully saturated rings. The largest absolute Gasteiger partial charge is 0.482 e. The molecule has 0 bridgehead atoms. The highest BCUT2D eigenvalue weighted by Gasteiger charge is 2.19. The normalized spacial score (nSPS) is 11.3. The van der Waals surface area contributed by atoms with E-state index in [1.807, 2.05) is 32.0 Å². The third kappa shape index (κ3) is 5.44. The summed E-state index contributed by atoms with van der Waals surface area (Å²) in [5.41, 5.74) is 3.13. The first kappa shape index (κ1) is 19.2. The fourth-order valence-corrected chi connectivity index (χ4v) is 2.17. The van der Waals surface area contributed by atoms with Crippen molar-refractivity contribution in [2.24, 2.45) is 0 Å². The van der Waals surface area contributed by atoms with Gasteiger partial charge in [0.05, 0.1) is 0 Å². The van der Waals surface area contributed by atoms with Crippen LogP contribution < -0.4 is 10.1 Å². The second-order valence-electron chi connectivity index (χ2n) is 5.92. The van der Waals surface area contributed by atoms with E-state index in [1.165, 1.54) is 6.92 Å². The standard InChI is InChI=1S/C20H21NO5/c1-13-4-5-14(2)18(10-13)21-20(24)15(3)26-19(23)12-25-17-8-6-16(11-22)7-9-17/h4-11,15H,12H2,1-3H3,(H,21,24)/t15-/m0/s1. The Morgan fingerprint density at radius 1 is 1.12 bits per heavy atom. The number of carbonyl (C=O) groups is 3. The SMILES string of the molecule is Cc1ccc(C)c(NC(=O)[C@H](C)OC(=O)COc2ccc(C=O)cc2)c1. The molecule has 6 nitrogen and oxygen atoms in total. The summed E-state index contributed by atoms with van der Waals surface area (Å²) in [5, 5.41) is 2.75. The average Bonchev–Trinajstić information content (AvgIpc) is 2.63. The van der Waals surface area contributed by atoms with E-state index in [4.69, 9.17) is 9.47 Å². The Hall–Kier alpha value is -3.15. The Kier molecular flexibility index (Phi) is 6.49. The van der Waals surface area contributed by atoms with E-state index in [2.05, 4.69) is 5.32 Å². The van der Waals surface area contributed by atoms with Gasteiger partial charge in [0.1, 0.15) is 12.0 Å². The van der Waals surface area contributed by atoms with Gasteiger partial charge in [0.2, 0.25) is 0 Å². The first-order valence-electron chi connectivity index (χ1n) is 8.14. The van der Waals surface area contributed by atoms with Crippen molar-refractivity contribution < 1.29 is 23.9 Å². The lowest BCUT2D eigenvalue weighted by Crippen LogP contribution is -2.31. The lowest BCUT2D eigenvalue weighted by atomic mass is 10.1. The highest BCUT2D eigenvalue weighted by atomic mass is 16.6. The summed E-state index contributed by atoms with van der Waals surface area (Å²) in [7, 11) is 0. The molecule has 0 saturated heterocycles. The third-order valence-electron chi connectivity index (χ3n) is 3.70. The van der Waals surface area contributed by atoms with Crippen LogP contribution in [-0.4, -0.2) is 30.9 Å². The van der Waals surface area contributed by atoms with Crippen molar-refractivity contribution in [2.45, 2.75) is 26.9 Å². The van der Waals surface area contributed by atoms with Crippen LogP contribution in [0, 0.1) is 13.8 Å². The van der Waals surface area contributed by atoms with E-state index in [9.17, 15) is 14.4 Å². The molecule has 0 saturated carbocycles. The number of benzene rings is 2. The van der Waals surface area contributed by atoms with Crippen molar-refractivity contribution in [3.05, 3.63) is 59.2 Å². The zero-order valence-electron chi connectivity index (χ0n) is 14.9. The number of carbonyl (C=O) groups excluding carboxylic acids is 3. The molecule has 0 unspecified atom stereocenters. The molecule has 0 spiro atoms. The molecule has 6 heteroatoms. The maximum absolute atomic E-state index is 12.2. The van der Waals surface area contributed by atoms with Crippen LogP contribution >= 0.6 is 0 Å². The molecule has 2 aromatic carbocycles. The van der Waals surface area contributed by atoms with Gasteiger partial charge in [-0.25, -0.2) is 4.79 Å². The number of hydrogen-bond acceptors (Lipinski definition) is 5. The lowest BCUT2D eigenvalue weighted by Gasteiger charge is -2.15. The molecular weight excluding hydrogens is 334 g/mol. The topological polar surface area (TPSA) is 81.7 Å². The minimum atomic E-state index is -0.955. The van der Waals surface area contributed by atoms with Crippen molar-refractivity contribution in [1.82, 2.24) is 0 Å². The van der Waals surface area contributed by atoms with Crippen LogP contribution in [0.4, 0.5) is 5.69 Å². The molecule has 0 aliphatic carbocycles. The van der Waals surface area contributed by atoms with E-state index in [0.29, 0.717) is 23.3 Å². The first-order chi connectivity index (χ1) is 12.4. The van der Waals surface area contributed by atoms with Crippen molar-refractivity contribution in [1.29, 1.82) is 0 Å². The summed E-state index contributed by atoms with van der Waals surface area (Å²) in [6, 6.07) is 12.0. The highest BCUT2D eigenvalue weighted by Crippen LogP contribution is 2.17. The van der Waals surface area contributed by atoms with Gasteiger partial charge in [0, 0.05) is 11.3 Å². The molecule has 0 aliphatic rings. The van der Waals surface area contributed by atoms with Gasteiger partial charge in [0.25, 0.3) is 5.91 Å². The van der Waals surface area contributed by atoms with Gasteiger partial charge >= 0.3 is 5.97 Å². The van der Waals surface area contributed by atoms with Crippen LogP contribution in [0.5, 0.6) is 5.75 Å². The molecule has 136 valence electrons. The van der Waals surface area contributed by atoms with Crippen molar-refractivity contribution >= 4 is 23.9 Å². The maximum Gasteiger partial charge on any atom is 0.344 e. The highest BCUT2D eigenvalue weighted by molar-refractivity contribution is 5.95. The van der Waals surface area contributed by atoms with Crippen LogP contribution in [0.15, 0.2) is 42.5 Å². The predicted molar refractivity (Wildman–Crippen MR) is 97.4 cm³/mol. The number of rotatable bonds is 7. The number of anilines is 1. The average molecular weight is 355 g/mol. The summed E-state index contributed by atoms with van der Waals surface area (Å²) in [4.78, 5) is 34.6. The predicted octanol–water partition coefficient (Wildman–Crippen LogP) is 3.07. The van der Waals surface area contributed by atoms with E-state index in [1.54, 1.807) is 24.3 Å². The van der Waals surface area contributed by atoms with Gasteiger partial charge in [-0.05, 0) is 62.2 Å². The van der Waals surface area contributed by atoms with E-state index < -0.39 is 18.0 Å². The molecular formula is C20H21NO5. The number of nitrogens with one attached hydrogen (secondary N) is 1. The minimum Gasteiger partial charge on any atom is -0.482 e. The fourth-order valence-electron chi connectivity index (χ4n) is 2.17. The van der Waals surface area contributed by atoms with Gasteiger partial charge < -0.3 is 14.8 Å². The second kappa shape index (κ2) is 8.80. The van der Waals surface area contributed by atoms with Gasteiger partial charge in [-0.15, -0.1) is 0 Å². The molecule has 0 heterocycles. The van der Waals surface area contributed by atoms with E-state index in [-0.39, 0.29) is 6.61 Å². The van der Waals surface area contributed by atoms with E-state index in [0.717, 1.165) is 11.1 Å². The Labute approximate surface area is 152 Å². The number of ether oxygens (including phenoxy) is 2. The Bertz CT molecular complexity index is 798. The van der Waals surface area contributed by atoms with Crippen LogP contribution in [0.1, 0.15) is 28.4 Å². The lowest BCUT2D eigenvalue weighted by molar-refractivity contribution is -0.155. The van der Waals surface area contributed by atoms with Gasteiger partial charge in [-0.2, -0.15) is 0 Å². The van der Waals surface area contributed by atoms with Crippen molar-refractivity contribution in [3.63, 3.8) is 0 Å². The minimum absolute atomic E-state index is 0.332. The maximum atomic E-state index is 12.2. The number of aldehydes is 1. The number of aryl methyl sites for hydroxylation is 2. The zero-order chi connectivity index (χ0) is 19.1. The van der Waals surface area contributed by atoms with Crippen LogP contribution in [0.2, 0.25) is 0 Å². The van der Waals surface area contributed by atoms with Crippen LogP contribution in [0.25, 0.3) is 0 Å². The summed E-state index contributed by atoms with van der Waals surface area (Å²) >= 11 is 0. The summed E-state index contributed by atoms with van der Waals surface area (Å²) in [6.07, 6.45) is -0.239. The number of esters is 1. The molecule has 0 aromatic heterocycles. The number of hydrogen-bond donors (Lipinski definition) is 1. The van der Waals surface area contributed by atoms with Crippen LogP contribution in [-0.2, 0) is 14.3 Å². The Balaban J connectivity index is 1.84. The molecule has 0 radical (unpaired) electrons. The summed E-state index contributed by atoms with van der Waals surface area (Å²) in [5.74, 6) is -0.643. The zero-order valence-corrected chi connectivity index (χ0v) is 14.9. The molecule has 1 N–H and O–H groups in total. The van der Waals surface area contributed by atoms with Crippen molar-refractivity contribution in [2.75, 3.05) is 11.9 Å².